The van der Waals surface area contributed by atoms with Crippen LogP contribution < -0.4 is 4.74 Å². The standard InChI is InChI=1S/C28H33NO3/c1-4-5-6-7-8-12-19-26(32-22(3)30)27-21(2)28(24-17-13-14-18-25(24)29-27)31-20-23-15-10-9-11-16-23/h9-19,26H,4-8,20H2,1-3H3. The third-order valence-corrected chi connectivity index (χ3v) is 5.44. The molecule has 0 amide bonds. The number of pyridine rings is 1. The van der Waals surface area contributed by atoms with Crippen molar-refractivity contribution in [2.45, 2.75) is 65.6 Å². The lowest BCUT2D eigenvalue weighted by Gasteiger charge is -2.20. The maximum absolute atomic E-state index is 11.9. The van der Waals surface area contributed by atoms with Crippen LogP contribution in [0.5, 0.6) is 5.75 Å². The molecule has 2 aromatic carbocycles. The molecule has 0 N–H and O–H groups in total. The summed E-state index contributed by atoms with van der Waals surface area (Å²) in [5.74, 6) is 0.453. The van der Waals surface area contributed by atoms with E-state index in [9.17, 15) is 4.79 Å². The van der Waals surface area contributed by atoms with E-state index in [1.165, 1.54) is 26.2 Å². The summed E-state index contributed by atoms with van der Waals surface area (Å²) in [6.45, 7) is 6.09. The fourth-order valence-corrected chi connectivity index (χ4v) is 3.76. The van der Waals surface area contributed by atoms with Gasteiger partial charge in [0.2, 0.25) is 0 Å². The number of nitrogens with zero attached hydrogens (tertiary/aromatic N) is 1. The van der Waals surface area contributed by atoms with Crippen LogP contribution in [0.2, 0.25) is 0 Å². The molecule has 1 heterocycles. The molecule has 0 saturated heterocycles. The second-order valence-electron chi connectivity index (χ2n) is 8.05. The smallest absolute Gasteiger partial charge is 0.303 e. The number of aromatic nitrogens is 1. The third kappa shape index (κ3) is 6.43. The van der Waals surface area contributed by atoms with Crippen molar-refractivity contribution >= 4 is 16.9 Å². The average Bonchev–Trinajstić information content (AvgIpc) is 2.80. The quantitative estimate of drug-likeness (QED) is 0.182. The molecule has 1 atom stereocenters. The molecule has 1 unspecified atom stereocenters. The van der Waals surface area contributed by atoms with Crippen LogP contribution in [0.4, 0.5) is 0 Å². The van der Waals surface area contributed by atoms with Crippen LogP contribution in [0.3, 0.4) is 0 Å². The highest BCUT2D eigenvalue weighted by molar-refractivity contribution is 5.87. The van der Waals surface area contributed by atoms with Crippen LogP contribution in [0.1, 0.15) is 68.9 Å². The lowest BCUT2D eigenvalue weighted by molar-refractivity contribution is -0.144. The van der Waals surface area contributed by atoms with Crippen LogP contribution in [0.15, 0.2) is 66.7 Å². The predicted molar refractivity (Wildman–Crippen MR) is 130 cm³/mol. The van der Waals surface area contributed by atoms with Crippen molar-refractivity contribution in [3.63, 3.8) is 0 Å². The SMILES string of the molecule is CCCCCCC=CC(OC(C)=O)c1nc2ccccc2c(OCc2ccccc2)c1C. The largest absolute Gasteiger partial charge is 0.488 e. The molecule has 4 nitrogen and oxygen atoms in total. The molecule has 0 bridgehead atoms. The minimum absolute atomic E-state index is 0.327. The van der Waals surface area contributed by atoms with E-state index in [1.807, 2.05) is 67.6 Å². The molecular weight excluding hydrogens is 398 g/mol. The number of hydrogen-bond donors (Lipinski definition) is 0. The molecular formula is C28H33NO3. The number of allylic oxidation sites excluding steroid dienone is 1. The highest BCUT2D eigenvalue weighted by Crippen LogP contribution is 2.35. The average molecular weight is 432 g/mol. The van der Waals surface area contributed by atoms with Gasteiger partial charge in [-0.25, -0.2) is 4.98 Å². The zero-order chi connectivity index (χ0) is 22.8. The Morgan fingerprint density at radius 3 is 2.53 bits per heavy atom. The van der Waals surface area contributed by atoms with Crippen molar-refractivity contribution in [1.82, 2.24) is 4.98 Å². The zero-order valence-corrected chi connectivity index (χ0v) is 19.3. The second kappa shape index (κ2) is 12.0. The number of esters is 1. The van der Waals surface area contributed by atoms with Gasteiger partial charge in [0.25, 0.3) is 0 Å². The minimum atomic E-state index is -0.539. The van der Waals surface area contributed by atoms with Gasteiger partial charge in [0.15, 0.2) is 6.10 Å². The number of ether oxygens (including phenoxy) is 2. The van der Waals surface area contributed by atoms with Crippen LogP contribution in [-0.4, -0.2) is 11.0 Å². The number of carbonyl (C=O) groups is 1. The van der Waals surface area contributed by atoms with Crippen molar-refractivity contribution in [2.75, 3.05) is 0 Å². The zero-order valence-electron chi connectivity index (χ0n) is 19.3. The Hall–Kier alpha value is -3.14. The number of fused-ring (bicyclic) bond motifs is 1. The van der Waals surface area contributed by atoms with Gasteiger partial charge in [-0.1, -0.05) is 74.7 Å². The molecule has 3 aromatic rings. The Labute approximate surface area is 191 Å². The first kappa shape index (κ1) is 23.5. The van der Waals surface area contributed by atoms with E-state index in [0.29, 0.717) is 12.3 Å². The Morgan fingerprint density at radius 1 is 1.03 bits per heavy atom. The number of rotatable bonds is 11. The fraction of sp³-hybridized carbons (Fsp3) is 0.357. The number of benzene rings is 2. The van der Waals surface area contributed by atoms with Gasteiger partial charge in [-0.15, -0.1) is 0 Å². The molecule has 32 heavy (non-hydrogen) atoms. The maximum atomic E-state index is 11.9. The highest BCUT2D eigenvalue weighted by Gasteiger charge is 2.21. The molecule has 0 radical (unpaired) electrons. The monoisotopic (exact) mass is 431 g/mol. The second-order valence-corrected chi connectivity index (χ2v) is 8.05. The van der Waals surface area contributed by atoms with E-state index < -0.39 is 6.10 Å². The Morgan fingerprint density at radius 2 is 1.78 bits per heavy atom. The molecule has 4 heteroatoms. The van der Waals surface area contributed by atoms with Gasteiger partial charge in [0.05, 0.1) is 11.2 Å². The van der Waals surface area contributed by atoms with Gasteiger partial charge in [-0.05, 0) is 43.5 Å². The van der Waals surface area contributed by atoms with Gasteiger partial charge in [-0.2, -0.15) is 0 Å². The van der Waals surface area contributed by atoms with Gasteiger partial charge >= 0.3 is 5.97 Å². The van der Waals surface area contributed by atoms with Crippen molar-refractivity contribution in [1.29, 1.82) is 0 Å². The fourth-order valence-electron chi connectivity index (χ4n) is 3.76. The van der Waals surface area contributed by atoms with Crippen molar-refractivity contribution in [2.24, 2.45) is 0 Å². The number of carbonyl (C=O) groups excluding carboxylic acids is 1. The van der Waals surface area contributed by atoms with E-state index in [-0.39, 0.29) is 5.97 Å². The molecule has 0 fully saturated rings. The summed E-state index contributed by atoms with van der Waals surface area (Å²) in [6.07, 6.45) is 9.28. The molecule has 1 aromatic heterocycles. The topological polar surface area (TPSA) is 48.4 Å². The van der Waals surface area contributed by atoms with Crippen LogP contribution in [-0.2, 0) is 16.1 Å². The number of hydrogen-bond acceptors (Lipinski definition) is 4. The van der Waals surface area contributed by atoms with Gasteiger partial charge in [0, 0.05) is 17.9 Å². The summed E-state index contributed by atoms with van der Waals surface area (Å²) >= 11 is 0. The summed E-state index contributed by atoms with van der Waals surface area (Å²) in [5.41, 5.74) is 3.52. The normalized spacial score (nSPS) is 12.2. The van der Waals surface area contributed by atoms with Gasteiger partial charge in [0.1, 0.15) is 12.4 Å². The lowest BCUT2D eigenvalue weighted by atomic mass is 10.0. The molecule has 168 valence electrons. The molecule has 0 saturated carbocycles. The summed E-state index contributed by atoms with van der Waals surface area (Å²) in [6, 6.07) is 18.0. The van der Waals surface area contributed by atoms with Crippen molar-refractivity contribution < 1.29 is 14.3 Å². The summed E-state index contributed by atoms with van der Waals surface area (Å²) in [4.78, 5) is 16.7. The highest BCUT2D eigenvalue weighted by atomic mass is 16.5. The van der Waals surface area contributed by atoms with Crippen molar-refractivity contribution in [3.05, 3.63) is 83.6 Å². The van der Waals surface area contributed by atoms with E-state index >= 15 is 0 Å². The molecule has 0 spiro atoms. The first-order chi connectivity index (χ1) is 15.6. The third-order valence-electron chi connectivity index (χ3n) is 5.44. The van der Waals surface area contributed by atoms with E-state index in [2.05, 4.69) is 13.0 Å². The Balaban J connectivity index is 1.92. The van der Waals surface area contributed by atoms with Gasteiger partial charge in [-0.3, -0.25) is 4.79 Å². The first-order valence-electron chi connectivity index (χ1n) is 11.5. The summed E-state index contributed by atoms with van der Waals surface area (Å²) < 4.78 is 12.0. The first-order valence-corrected chi connectivity index (χ1v) is 11.5. The van der Waals surface area contributed by atoms with E-state index in [0.717, 1.165) is 40.6 Å². The predicted octanol–water partition coefficient (Wildman–Crippen LogP) is 7.25. The Bertz CT molecular complexity index is 1040. The molecule has 0 aliphatic rings. The lowest BCUT2D eigenvalue weighted by Crippen LogP contribution is -2.11. The van der Waals surface area contributed by atoms with E-state index in [1.54, 1.807) is 0 Å². The van der Waals surface area contributed by atoms with Gasteiger partial charge < -0.3 is 9.47 Å². The van der Waals surface area contributed by atoms with Crippen molar-refractivity contribution in [3.8, 4) is 5.75 Å². The number of para-hydroxylation sites is 1. The van der Waals surface area contributed by atoms with Crippen LogP contribution >= 0.6 is 0 Å². The Kier molecular flexibility index (Phi) is 8.85. The van der Waals surface area contributed by atoms with E-state index in [4.69, 9.17) is 14.5 Å². The molecule has 0 aliphatic carbocycles. The summed E-state index contributed by atoms with van der Waals surface area (Å²) in [5, 5.41) is 0.954. The van der Waals surface area contributed by atoms with Crippen LogP contribution in [0.25, 0.3) is 10.9 Å². The molecule has 0 aliphatic heterocycles. The van der Waals surface area contributed by atoms with Crippen LogP contribution in [0, 0.1) is 6.92 Å². The molecule has 3 rings (SSSR count). The summed E-state index contributed by atoms with van der Waals surface area (Å²) in [7, 11) is 0. The maximum Gasteiger partial charge on any atom is 0.303 e. The minimum Gasteiger partial charge on any atom is -0.488 e. The number of unbranched alkanes of at least 4 members (excludes halogenated alkanes) is 4.